The fraction of sp³-hybridized carbons (Fsp3) is 0.600. The first-order valence-electron chi connectivity index (χ1n) is 6.55. The molecule has 1 unspecified atom stereocenters. The maximum atomic E-state index is 6.38. The minimum absolute atomic E-state index is 0.219. The van der Waals surface area contributed by atoms with Crippen molar-refractivity contribution in [2.75, 3.05) is 6.54 Å². The first-order chi connectivity index (χ1) is 8.33. The van der Waals surface area contributed by atoms with Crippen LogP contribution < -0.4 is 5.32 Å². The molecule has 0 saturated heterocycles. The van der Waals surface area contributed by atoms with Crippen LogP contribution in [-0.2, 0) is 0 Å². The van der Waals surface area contributed by atoms with Gasteiger partial charge in [-0.15, -0.1) is 11.8 Å². The molecule has 0 fully saturated rings. The summed E-state index contributed by atoms with van der Waals surface area (Å²) >= 11 is 8.23. The second-order valence-electron chi connectivity index (χ2n) is 5.57. The van der Waals surface area contributed by atoms with E-state index in [0.29, 0.717) is 6.04 Å². The van der Waals surface area contributed by atoms with E-state index in [-0.39, 0.29) is 4.75 Å². The lowest BCUT2D eigenvalue weighted by Gasteiger charge is -2.20. The zero-order chi connectivity index (χ0) is 13.8. The third-order valence-corrected chi connectivity index (χ3v) is 3.99. The summed E-state index contributed by atoms with van der Waals surface area (Å²) in [7, 11) is 0. The number of nitrogens with one attached hydrogen (secondary N) is 1. The summed E-state index contributed by atoms with van der Waals surface area (Å²) in [6, 6.07) is 6.70. The van der Waals surface area contributed by atoms with Crippen molar-refractivity contribution in [1.29, 1.82) is 0 Å². The van der Waals surface area contributed by atoms with Gasteiger partial charge >= 0.3 is 0 Å². The highest BCUT2D eigenvalue weighted by Gasteiger charge is 2.14. The number of hydrogen-bond donors (Lipinski definition) is 1. The summed E-state index contributed by atoms with van der Waals surface area (Å²) in [4.78, 5) is 1.24. The Kier molecular flexibility index (Phi) is 6.03. The van der Waals surface area contributed by atoms with E-state index in [1.54, 1.807) is 0 Å². The Morgan fingerprint density at radius 2 is 2.00 bits per heavy atom. The summed E-state index contributed by atoms with van der Waals surface area (Å²) in [5.41, 5.74) is 1.18. The van der Waals surface area contributed by atoms with Crippen LogP contribution in [0.15, 0.2) is 23.1 Å². The van der Waals surface area contributed by atoms with Crippen molar-refractivity contribution in [3.05, 3.63) is 28.8 Å². The largest absolute Gasteiger partial charge is 0.310 e. The lowest BCUT2D eigenvalue weighted by atomic mass is 10.1. The second kappa shape index (κ2) is 6.83. The van der Waals surface area contributed by atoms with E-state index in [1.165, 1.54) is 10.5 Å². The molecule has 102 valence electrons. The van der Waals surface area contributed by atoms with Crippen LogP contribution in [0, 0.1) is 0 Å². The molecule has 0 aliphatic heterocycles. The molecule has 0 aliphatic carbocycles. The van der Waals surface area contributed by atoms with E-state index in [9.17, 15) is 0 Å². The van der Waals surface area contributed by atoms with Gasteiger partial charge in [0.15, 0.2) is 0 Å². The van der Waals surface area contributed by atoms with Gasteiger partial charge in [0.2, 0.25) is 0 Å². The predicted molar refractivity (Wildman–Crippen MR) is 83.8 cm³/mol. The molecular formula is C15H24ClNS. The lowest BCUT2D eigenvalue weighted by Crippen LogP contribution is -2.19. The van der Waals surface area contributed by atoms with Gasteiger partial charge in [0.25, 0.3) is 0 Å². The summed E-state index contributed by atoms with van der Waals surface area (Å²) in [6.07, 6.45) is 1.14. The molecule has 1 N–H and O–H groups in total. The van der Waals surface area contributed by atoms with Crippen molar-refractivity contribution in [1.82, 2.24) is 5.32 Å². The van der Waals surface area contributed by atoms with Crippen LogP contribution in [0.1, 0.15) is 52.6 Å². The fourth-order valence-corrected chi connectivity index (χ4v) is 3.18. The first kappa shape index (κ1) is 15.9. The molecule has 1 aromatic rings. The van der Waals surface area contributed by atoms with Crippen LogP contribution >= 0.6 is 23.4 Å². The lowest BCUT2D eigenvalue weighted by molar-refractivity contribution is 0.570. The molecule has 0 bridgehead atoms. The maximum Gasteiger partial charge on any atom is 0.0464 e. The van der Waals surface area contributed by atoms with E-state index in [1.807, 2.05) is 11.8 Å². The third-order valence-electron chi connectivity index (χ3n) is 2.56. The molecule has 3 heteroatoms. The van der Waals surface area contributed by atoms with E-state index >= 15 is 0 Å². The SMILES string of the molecule is CCCNC(C)c1ccc(SC(C)(C)C)cc1Cl. The van der Waals surface area contributed by atoms with Gasteiger partial charge in [-0.3, -0.25) is 0 Å². The molecule has 0 saturated carbocycles. The molecule has 18 heavy (non-hydrogen) atoms. The number of hydrogen-bond acceptors (Lipinski definition) is 2. The van der Waals surface area contributed by atoms with Gasteiger partial charge in [-0.2, -0.15) is 0 Å². The minimum atomic E-state index is 0.219. The quantitative estimate of drug-likeness (QED) is 0.738. The summed E-state index contributed by atoms with van der Waals surface area (Å²) in [5.74, 6) is 0. The van der Waals surface area contributed by atoms with Crippen molar-refractivity contribution in [3.63, 3.8) is 0 Å². The van der Waals surface area contributed by atoms with E-state index in [4.69, 9.17) is 11.6 Å². The third kappa shape index (κ3) is 5.21. The van der Waals surface area contributed by atoms with Gasteiger partial charge in [-0.05, 0) is 37.6 Å². The standard InChI is InChI=1S/C15H24ClNS/c1-6-9-17-11(2)13-8-7-12(10-14(13)16)18-15(3,4)5/h7-8,10-11,17H,6,9H2,1-5H3. The Bertz CT molecular complexity index is 385. The van der Waals surface area contributed by atoms with Crippen molar-refractivity contribution in [3.8, 4) is 0 Å². The summed E-state index contributed by atoms with van der Waals surface area (Å²) < 4.78 is 0.219. The molecule has 0 spiro atoms. The van der Waals surface area contributed by atoms with Crippen molar-refractivity contribution >= 4 is 23.4 Å². The molecule has 1 nitrogen and oxygen atoms in total. The molecule has 1 rings (SSSR count). The highest BCUT2D eigenvalue weighted by molar-refractivity contribution is 8.00. The Morgan fingerprint density at radius 3 is 2.50 bits per heavy atom. The molecule has 0 aliphatic rings. The topological polar surface area (TPSA) is 12.0 Å². The zero-order valence-corrected chi connectivity index (χ0v) is 13.6. The van der Waals surface area contributed by atoms with Crippen molar-refractivity contribution in [2.24, 2.45) is 0 Å². The van der Waals surface area contributed by atoms with E-state index in [2.05, 4.69) is 58.1 Å². The molecule has 0 aromatic heterocycles. The second-order valence-corrected chi connectivity index (χ2v) is 7.88. The summed E-state index contributed by atoms with van der Waals surface area (Å²) in [5, 5.41) is 4.33. The summed E-state index contributed by atoms with van der Waals surface area (Å²) in [6.45, 7) is 12.0. The van der Waals surface area contributed by atoms with Gasteiger partial charge in [0.1, 0.15) is 0 Å². The minimum Gasteiger partial charge on any atom is -0.310 e. The number of rotatable bonds is 5. The molecule has 0 radical (unpaired) electrons. The van der Waals surface area contributed by atoms with Gasteiger partial charge in [-0.25, -0.2) is 0 Å². The first-order valence-corrected chi connectivity index (χ1v) is 7.75. The van der Waals surface area contributed by atoms with Crippen LogP contribution in [0.3, 0.4) is 0 Å². The van der Waals surface area contributed by atoms with E-state index < -0.39 is 0 Å². The van der Waals surface area contributed by atoms with E-state index in [0.717, 1.165) is 18.0 Å². The van der Waals surface area contributed by atoms with Crippen molar-refractivity contribution in [2.45, 2.75) is 56.7 Å². The zero-order valence-electron chi connectivity index (χ0n) is 12.0. The fourth-order valence-electron chi connectivity index (χ4n) is 1.75. The highest BCUT2D eigenvalue weighted by Crippen LogP contribution is 2.35. The highest BCUT2D eigenvalue weighted by atomic mass is 35.5. The van der Waals surface area contributed by atoms with Gasteiger partial charge in [0.05, 0.1) is 0 Å². The maximum absolute atomic E-state index is 6.38. The number of benzene rings is 1. The van der Waals surface area contributed by atoms with Gasteiger partial charge in [-0.1, -0.05) is 45.4 Å². The molecule has 1 atom stereocenters. The Balaban J connectivity index is 2.79. The average molecular weight is 286 g/mol. The smallest absolute Gasteiger partial charge is 0.0464 e. The van der Waals surface area contributed by atoms with Crippen LogP contribution in [0.2, 0.25) is 5.02 Å². The van der Waals surface area contributed by atoms with Crippen molar-refractivity contribution < 1.29 is 0 Å². The van der Waals surface area contributed by atoms with Crippen LogP contribution in [0.4, 0.5) is 0 Å². The average Bonchev–Trinajstić information content (AvgIpc) is 2.23. The Labute approximate surface area is 121 Å². The monoisotopic (exact) mass is 285 g/mol. The van der Waals surface area contributed by atoms with Crippen LogP contribution in [-0.4, -0.2) is 11.3 Å². The molecular weight excluding hydrogens is 262 g/mol. The normalized spacial score (nSPS) is 13.7. The molecule has 1 aromatic carbocycles. The Hall–Kier alpha value is -0.180. The van der Waals surface area contributed by atoms with Crippen LogP contribution in [0.5, 0.6) is 0 Å². The number of thioether (sulfide) groups is 1. The predicted octanol–water partition coefficient (Wildman–Crippen LogP) is 5.29. The molecule has 0 heterocycles. The molecule has 0 amide bonds. The Morgan fingerprint density at radius 1 is 1.33 bits per heavy atom. The van der Waals surface area contributed by atoms with Gasteiger partial charge < -0.3 is 5.32 Å². The van der Waals surface area contributed by atoms with Gasteiger partial charge in [0, 0.05) is 20.7 Å². The van der Waals surface area contributed by atoms with Crippen LogP contribution in [0.25, 0.3) is 0 Å². The number of halogens is 1.